The van der Waals surface area contributed by atoms with E-state index in [0.29, 0.717) is 23.8 Å². The standard InChI is InChI=1S/C13H14F3N3S/c1-8(2)10-5-3-9(4-6-10)7-17-12-19-18-11(20-12)13(14,15)16/h3-6,8H,7H2,1-2H3,(H,17,19). The number of anilines is 1. The normalized spacial score (nSPS) is 11.9. The van der Waals surface area contributed by atoms with Gasteiger partial charge in [0.05, 0.1) is 0 Å². The molecule has 1 N–H and O–H groups in total. The fourth-order valence-electron chi connectivity index (χ4n) is 1.61. The Balaban J connectivity index is 1.96. The third-order valence-electron chi connectivity index (χ3n) is 2.76. The molecule has 0 aliphatic heterocycles. The molecule has 0 unspecified atom stereocenters. The lowest BCUT2D eigenvalue weighted by Crippen LogP contribution is -2.03. The number of nitrogens with zero attached hydrogens (tertiary/aromatic N) is 2. The van der Waals surface area contributed by atoms with Crippen LogP contribution in [0.25, 0.3) is 0 Å². The molecule has 0 aliphatic carbocycles. The van der Waals surface area contributed by atoms with Gasteiger partial charge in [0.25, 0.3) is 0 Å². The van der Waals surface area contributed by atoms with Crippen LogP contribution < -0.4 is 5.32 Å². The number of aromatic nitrogens is 2. The van der Waals surface area contributed by atoms with Gasteiger partial charge in [-0.3, -0.25) is 0 Å². The SMILES string of the molecule is CC(C)c1ccc(CNc2nnc(C(F)(F)F)s2)cc1. The lowest BCUT2D eigenvalue weighted by atomic mass is 10.0. The topological polar surface area (TPSA) is 37.8 Å². The molecular formula is C13H14F3N3S. The molecule has 1 aromatic carbocycles. The van der Waals surface area contributed by atoms with Gasteiger partial charge in [-0.1, -0.05) is 49.4 Å². The number of rotatable bonds is 4. The molecule has 108 valence electrons. The molecule has 0 radical (unpaired) electrons. The molecule has 3 nitrogen and oxygen atoms in total. The van der Waals surface area contributed by atoms with Gasteiger partial charge in [-0.2, -0.15) is 13.2 Å². The van der Waals surface area contributed by atoms with Crippen LogP contribution in [0.2, 0.25) is 0 Å². The molecule has 0 bridgehead atoms. The molecule has 7 heteroatoms. The fourth-order valence-corrected chi connectivity index (χ4v) is 2.21. The van der Waals surface area contributed by atoms with E-state index in [1.54, 1.807) is 0 Å². The molecule has 0 saturated carbocycles. The van der Waals surface area contributed by atoms with Crippen molar-refractivity contribution in [2.24, 2.45) is 0 Å². The monoisotopic (exact) mass is 301 g/mol. The van der Waals surface area contributed by atoms with E-state index < -0.39 is 11.2 Å². The first kappa shape index (κ1) is 14.8. The van der Waals surface area contributed by atoms with Crippen LogP contribution in [0.1, 0.15) is 35.9 Å². The van der Waals surface area contributed by atoms with E-state index in [1.165, 1.54) is 5.56 Å². The van der Waals surface area contributed by atoms with E-state index in [-0.39, 0.29) is 5.13 Å². The maximum Gasteiger partial charge on any atom is 0.445 e. The molecule has 0 amide bonds. The van der Waals surface area contributed by atoms with E-state index >= 15 is 0 Å². The predicted molar refractivity (Wildman–Crippen MR) is 72.8 cm³/mol. The van der Waals surface area contributed by atoms with E-state index in [2.05, 4.69) is 29.4 Å². The van der Waals surface area contributed by atoms with Gasteiger partial charge in [-0.05, 0) is 17.0 Å². The quantitative estimate of drug-likeness (QED) is 0.915. The highest BCUT2D eigenvalue weighted by Crippen LogP contribution is 2.33. The third-order valence-corrected chi connectivity index (χ3v) is 3.68. The van der Waals surface area contributed by atoms with Gasteiger partial charge in [0.15, 0.2) is 0 Å². The van der Waals surface area contributed by atoms with Crippen molar-refractivity contribution >= 4 is 16.5 Å². The Morgan fingerprint density at radius 2 is 1.80 bits per heavy atom. The van der Waals surface area contributed by atoms with Crippen molar-refractivity contribution in [3.8, 4) is 0 Å². The van der Waals surface area contributed by atoms with E-state index in [9.17, 15) is 13.2 Å². The highest BCUT2D eigenvalue weighted by molar-refractivity contribution is 7.15. The Morgan fingerprint density at radius 3 is 2.30 bits per heavy atom. The lowest BCUT2D eigenvalue weighted by molar-refractivity contribution is -0.138. The van der Waals surface area contributed by atoms with Crippen molar-refractivity contribution in [2.45, 2.75) is 32.5 Å². The molecule has 1 heterocycles. The first-order valence-electron chi connectivity index (χ1n) is 6.09. The van der Waals surface area contributed by atoms with Gasteiger partial charge in [-0.15, -0.1) is 10.2 Å². The molecule has 0 atom stereocenters. The minimum absolute atomic E-state index is 0.172. The van der Waals surface area contributed by atoms with Gasteiger partial charge < -0.3 is 5.32 Å². The predicted octanol–water partition coefficient (Wildman–Crippen LogP) is 4.29. The highest BCUT2D eigenvalue weighted by Gasteiger charge is 2.35. The van der Waals surface area contributed by atoms with Crippen molar-refractivity contribution in [2.75, 3.05) is 5.32 Å². The summed E-state index contributed by atoms with van der Waals surface area (Å²) < 4.78 is 37.1. The van der Waals surface area contributed by atoms with Gasteiger partial charge >= 0.3 is 6.18 Å². The molecule has 2 aromatic rings. The Kier molecular flexibility index (Phi) is 4.27. The Bertz CT molecular complexity index is 561. The molecule has 0 spiro atoms. The second-order valence-electron chi connectivity index (χ2n) is 4.66. The molecule has 0 saturated heterocycles. The zero-order chi connectivity index (χ0) is 14.8. The summed E-state index contributed by atoms with van der Waals surface area (Å²) in [5.41, 5.74) is 2.21. The van der Waals surface area contributed by atoms with Crippen molar-refractivity contribution in [1.29, 1.82) is 0 Å². The summed E-state index contributed by atoms with van der Waals surface area (Å²) in [4.78, 5) is 0. The Hall–Kier alpha value is -1.63. The summed E-state index contributed by atoms with van der Waals surface area (Å²) in [6, 6.07) is 7.94. The van der Waals surface area contributed by atoms with Gasteiger partial charge in [0, 0.05) is 6.54 Å². The number of alkyl halides is 3. The van der Waals surface area contributed by atoms with Gasteiger partial charge in [0.2, 0.25) is 10.1 Å². The van der Waals surface area contributed by atoms with Gasteiger partial charge in [-0.25, -0.2) is 0 Å². The molecule has 0 aliphatic rings. The number of nitrogens with one attached hydrogen (secondary N) is 1. The molecule has 0 fully saturated rings. The summed E-state index contributed by atoms with van der Waals surface area (Å²) >= 11 is 0.509. The van der Waals surface area contributed by atoms with Crippen LogP contribution in [-0.4, -0.2) is 10.2 Å². The smallest absolute Gasteiger partial charge is 0.356 e. The molecule has 20 heavy (non-hydrogen) atoms. The second-order valence-corrected chi connectivity index (χ2v) is 5.64. The number of hydrogen-bond donors (Lipinski definition) is 1. The fraction of sp³-hybridized carbons (Fsp3) is 0.385. The van der Waals surface area contributed by atoms with Crippen LogP contribution in [0.4, 0.5) is 18.3 Å². The second kappa shape index (κ2) is 5.78. The van der Waals surface area contributed by atoms with Crippen molar-refractivity contribution in [3.63, 3.8) is 0 Å². The largest absolute Gasteiger partial charge is 0.445 e. The summed E-state index contributed by atoms with van der Waals surface area (Å²) in [6.45, 7) is 4.63. The summed E-state index contributed by atoms with van der Waals surface area (Å²) in [5.74, 6) is 0.453. The number of halogens is 3. The summed E-state index contributed by atoms with van der Waals surface area (Å²) in [7, 11) is 0. The van der Waals surface area contributed by atoms with E-state index in [4.69, 9.17) is 0 Å². The van der Waals surface area contributed by atoms with Crippen LogP contribution >= 0.6 is 11.3 Å². The third kappa shape index (κ3) is 3.69. The highest BCUT2D eigenvalue weighted by atomic mass is 32.1. The van der Waals surface area contributed by atoms with Crippen LogP contribution in [0, 0.1) is 0 Å². The van der Waals surface area contributed by atoms with Crippen LogP contribution in [0.5, 0.6) is 0 Å². The molecule has 2 rings (SSSR count). The van der Waals surface area contributed by atoms with Crippen LogP contribution in [-0.2, 0) is 12.7 Å². The minimum atomic E-state index is -4.43. The van der Waals surface area contributed by atoms with Crippen molar-refractivity contribution < 1.29 is 13.2 Å². The molecular weight excluding hydrogens is 287 g/mol. The minimum Gasteiger partial charge on any atom is -0.356 e. The maximum atomic E-state index is 12.4. The Labute approximate surface area is 118 Å². The van der Waals surface area contributed by atoms with Crippen LogP contribution in [0.15, 0.2) is 24.3 Å². The average molecular weight is 301 g/mol. The maximum absolute atomic E-state index is 12.4. The average Bonchev–Trinajstić information content (AvgIpc) is 2.85. The van der Waals surface area contributed by atoms with Crippen LogP contribution in [0.3, 0.4) is 0 Å². The summed E-state index contributed by atoms with van der Waals surface area (Å²) in [5, 5.41) is 8.68. The first-order valence-corrected chi connectivity index (χ1v) is 6.91. The summed E-state index contributed by atoms with van der Waals surface area (Å²) in [6.07, 6.45) is -4.43. The zero-order valence-electron chi connectivity index (χ0n) is 11.0. The number of hydrogen-bond acceptors (Lipinski definition) is 4. The number of benzene rings is 1. The lowest BCUT2D eigenvalue weighted by Gasteiger charge is -2.07. The van der Waals surface area contributed by atoms with Crippen molar-refractivity contribution in [1.82, 2.24) is 10.2 Å². The van der Waals surface area contributed by atoms with Gasteiger partial charge in [0.1, 0.15) is 0 Å². The first-order chi connectivity index (χ1) is 9.36. The van der Waals surface area contributed by atoms with E-state index in [0.717, 1.165) is 5.56 Å². The van der Waals surface area contributed by atoms with Crippen molar-refractivity contribution in [3.05, 3.63) is 40.4 Å². The Morgan fingerprint density at radius 1 is 1.15 bits per heavy atom. The molecule has 1 aromatic heterocycles. The zero-order valence-corrected chi connectivity index (χ0v) is 11.8. The van der Waals surface area contributed by atoms with E-state index in [1.807, 2.05) is 24.3 Å².